The van der Waals surface area contributed by atoms with Crippen molar-refractivity contribution >= 4 is 5.65 Å². The summed E-state index contributed by atoms with van der Waals surface area (Å²) < 4.78 is 1.82. The van der Waals surface area contributed by atoms with Crippen molar-refractivity contribution in [1.29, 1.82) is 0 Å². The molecule has 0 bridgehead atoms. The molecule has 2 aromatic rings. The molecule has 0 aliphatic rings. The van der Waals surface area contributed by atoms with Crippen molar-refractivity contribution < 1.29 is 0 Å². The Labute approximate surface area is 83.8 Å². The monoisotopic (exact) mass is 189 g/mol. The zero-order valence-electron chi connectivity index (χ0n) is 8.86. The minimum absolute atomic E-state index is 0.294. The highest BCUT2D eigenvalue weighted by Gasteiger charge is 2.11. The summed E-state index contributed by atoms with van der Waals surface area (Å²) in [5, 5.41) is 4.16. The van der Waals surface area contributed by atoms with Crippen LogP contribution in [0.4, 0.5) is 0 Å². The highest BCUT2D eigenvalue weighted by atomic mass is 15.2. The van der Waals surface area contributed by atoms with E-state index in [2.05, 4.69) is 30.9 Å². The van der Waals surface area contributed by atoms with Crippen molar-refractivity contribution in [3.63, 3.8) is 0 Å². The smallest absolute Gasteiger partial charge is 0.154 e. The number of aromatic nitrogens is 3. The molecular formula is C11H15N3. The van der Waals surface area contributed by atoms with Crippen molar-refractivity contribution in [2.24, 2.45) is 5.41 Å². The summed E-state index contributed by atoms with van der Waals surface area (Å²) in [5.74, 6) is 0. The van der Waals surface area contributed by atoms with E-state index in [1.807, 2.05) is 23.0 Å². The minimum Gasteiger partial charge on any atom is -0.237 e. The van der Waals surface area contributed by atoms with Gasteiger partial charge in [-0.25, -0.2) is 9.50 Å². The molecule has 0 N–H and O–H groups in total. The SMILES string of the molecule is CC(C)(C)Cc1cnc2ccnn2c1. The lowest BCUT2D eigenvalue weighted by molar-refractivity contribution is 0.410. The molecule has 0 aliphatic carbocycles. The van der Waals surface area contributed by atoms with Gasteiger partial charge >= 0.3 is 0 Å². The van der Waals surface area contributed by atoms with E-state index in [4.69, 9.17) is 0 Å². The predicted octanol–water partition coefficient (Wildman–Crippen LogP) is 2.32. The Bertz CT molecular complexity index is 437. The van der Waals surface area contributed by atoms with Crippen LogP contribution in [0.1, 0.15) is 26.3 Å². The van der Waals surface area contributed by atoms with Crippen molar-refractivity contribution in [2.45, 2.75) is 27.2 Å². The number of nitrogens with zero attached hydrogens (tertiary/aromatic N) is 3. The molecule has 3 heteroatoms. The quantitative estimate of drug-likeness (QED) is 0.689. The van der Waals surface area contributed by atoms with Crippen molar-refractivity contribution in [2.75, 3.05) is 0 Å². The molecule has 0 aromatic carbocycles. The van der Waals surface area contributed by atoms with Crippen LogP contribution < -0.4 is 0 Å². The van der Waals surface area contributed by atoms with Gasteiger partial charge in [0.2, 0.25) is 0 Å². The second-order valence-corrected chi connectivity index (χ2v) is 4.83. The lowest BCUT2D eigenvalue weighted by atomic mass is 9.89. The van der Waals surface area contributed by atoms with E-state index >= 15 is 0 Å². The van der Waals surface area contributed by atoms with E-state index in [0.29, 0.717) is 5.41 Å². The molecule has 0 amide bonds. The first-order chi connectivity index (χ1) is 6.54. The van der Waals surface area contributed by atoms with Gasteiger partial charge in [0.15, 0.2) is 5.65 Å². The lowest BCUT2D eigenvalue weighted by Gasteiger charge is -2.17. The normalized spacial score (nSPS) is 12.2. The van der Waals surface area contributed by atoms with E-state index in [1.54, 1.807) is 6.20 Å². The van der Waals surface area contributed by atoms with Gasteiger partial charge < -0.3 is 0 Å². The summed E-state index contributed by atoms with van der Waals surface area (Å²) in [6.07, 6.45) is 6.77. The Morgan fingerprint density at radius 2 is 2.14 bits per heavy atom. The summed E-state index contributed by atoms with van der Waals surface area (Å²) >= 11 is 0. The first-order valence-electron chi connectivity index (χ1n) is 4.83. The molecule has 0 fully saturated rings. The summed E-state index contributed by atoms with van der Waals surface area (Å²) in [6.45, 7) is 6.67. The topological polar surface area (TPSA) is 30.2 Å². The van der Waals surface area contributed by atoms with Crippen LogP contribution in [0, 0.1) is 5.41 Å². The Hall–Kier alpha value is -1.38. The third-order valence-corrected chi connectivity index (χ3v) is 2.03. The van der Waals surface area contributed by atoms with Crippen molar-refractivity contribution in [3.05, 3.63) is 30.2 Å². The summed E-state index contributed by atoms with van der Waals surface area (Å²) in [5.41, 5.74) is 2.43. The molecule has 0 radical (unpaired) electrons. The zero-order chi connectivity index (χ0) is 10.2. The van der Waals surface area contributed by atoms with Crippen LogP contribution in [0.25, 0.3) is 5.65 Å². The van der Waals surface area contributed by atoms with Crippen LogP contribution in [0.15, 0.2) is 24.7 Å². The van der Waals surface area contributed by atoms with Crippen LogP contribution in [0.3, 0.4) is 0 Å². The van der Waals surface area contributed by atoms with Gasteiger partial charge in [0.25, 0.3) is 0 Å². The average Bonchev–Trinajstić information content (AvgIpc) is 2.47. The van der Waals surface area contributed by atoms with Crippen LogP contribution in [0.5, 0.6) is 0 Å². The standard InChI is InChI=1S/C11H15N3/c1-11(2,3)6-9-7-12-10-4-5-13-14(10)8-9/h4-5,7-8H,6H2,1-3H3. The molecule has 0 aliphatic heterocycles. The van der Waals surface area contributed by atoms with Crippen molar-refractivity contribution in [3.8, 4) is 0 Å². The van der Waals surface area contributed by atoms with Crippen LogP contribution in [0.2, 0.25) is 0 Å². The first-order valence-corrected chi connectivity index (χ1v) is 4.83. The van der Waals surface area contributed by atoms with Crippen molar-refractivity contribution in [1.82, 2.24) is 14.6 Å². The lowest BCUT2D eigenvalue weighted by Crippen LogP contribution is -2.10. The molecule has 0 atom stereocenters. The molecule has 3 nitrogen and oxygen atoms in total. The zero-order valence-corrected chi connectivity index (χ0v) is 8.86. The third kappa shape index (κ3) is 1.92. The molecule has 2 heterocycles. The molecule has 2 rings (SSSR count). The number of fused-ring (bicyclic) bond motifs is 1. The Kier molecular flexibility index (Phi) is 2.02. The highest BCUT2D eigenvalue weighted by molar-refractivity contribution is 5.35. The average molecular weight is 189 g/mol. The van der Waals surface area contributed by atoms with Gasteiger partial charge in [-0.2, -0.15) is 5.10 Å². The summed E-state index contributed by atoms with van der Waals surface area (Å²) in [7, 11) is 0. The number of hydrogen-bond donors (Lipinski definition) is 0. The fourth-order valence-corrected chi connectivity index (χ4v) is 1.55. The van der Waals surface area contributed by atoms with Crippen LogP contribution >= 0.6 is 0 Å². The van der Waals surface area contributed by atoms with E-state index in [1.165, 1.54) is 5.56 Å². The minimum atomic E-state index is 0.294. The van der Waals surface area contributed by atoms with E-state index < -0.39 is 0 Å². The van der Waals surface area contributed by atoms with Gasteiger partial charge in [-0.1, -0.05) is 20.8 Å². The van der Waals surface area contributed by atoms with Gasteiger partial charge in [0.1, 0.15) is 0 Å². The fourth-order valence-electron chi connectivity index (χ4n) is 1.55. The molecule has 0 unspecified atom stereocenters. The van der Waals surface area contributed by atoms with Gasteiger partial charge in [0, 0.05) is 18.5 Å². The predicted molar refractivity (Wildman–Crippen MR) is 56.1 cm³/mol. The maximum Gasteiger partial charge on any atom is 0.154 e. The third-order valence-electron chi connectivity index (χ3n) is 2.03. The fraction of sp³-hybridized carbons (Fsp3) is 0.455. The van der Waals surface area contributed by atoms with Crippen LogP contribution in [-0.4, -0.2) is 14.6 Å². The molecule has 0 saturated heterocycles. The van der Waals surface area contributed by atoms with Gasteiger partial charge in [-0.05, 0) is 17.4 Å². The second-order valence-electron chi connectivity index (χ2n) is 4.83. The molecule has 0 saturated carbocycles. The first kappa shape index (κ1) is 9.19. The number of hydrogen-bond acceptors (Lipinski definition) is 2. The van der Waals surface area contributed by atoms with Gasteiger partial charge in [0.05, 0.1) is 6.20 Å². The Balaban J connectivity index is 2.35. The molecular weight excluding hydrogens is 174 g/mol. The second kappa shape index (κ2) is 3.08. The number of rotatable bonds is 1. The maximum absolute atomic E-state index is 4.33. The Morgan fingerprint density at radius 1 is 1.36 bits per heavy atom. The summed E-state index contributed by atoms with van der Waals surface area (Å²) in [6, 6.07) is 1.90. The van der Waals surface area contributed by atoms with E-state index in [9.17, 15) is 0 Å². The molecule has 14 heavy (non-hydrogen) atoms. The van der Waals surface area contributed by atoms with Gasteiger partial charge in [-0.3, -0.25) is 0 Å². The largest absolute Gasteiger partial charge is 0.237 e. The van der Waals surface area contributed by atoms with Gasteiger partial charge in [-0.15, -0.1) is 0 Å². The molecule has 2 aromatic heterocycles. The Morgan fingerprint density at radius 3 is 2.86 bits per heavy atom. The van der Waals surface area contributed by atoms with E-state index in [-0.39, 0.29) is 0 Å². The maximum atomic E-state index is 4.33. The highest BCUT2D eigenvalue weighted by Crippen LogP contribution is 2.19. The summed E-state index contributed by atoms with van der Waals surface area (Å²) in [4.78, 5) is 4.33. The van der Waals surface area contributed by atoms with E-state index in [0.717, 1.165) is 12.1 Å². The van der Waals surface area contributed by atoms with Crippen LogP contribution in [-0.2, 0) is 6.42 Å². The molecule has 74 valence electrons. The molecule has 0 spiro atoms.